The molecule has 1 N–H and O–H groups in total. The number of likely N-dealkylation sites (tertiary alicyclic amines) is 1. The molecule has 0 aromatic carbocycles. The van der Waals surface area contributed by atoms with Gasteiger partial charge in [0.05, 0.1) is 0 Å². The van der Waals surface area contributed by atoms with Gasteiger partial charge in [-0.2, -0.15) is 0 Å². The van der Waals surface area contributed by atoms with E-state index < -0.39 is 0 Å². The van der Waals surface area contributed by atoms with Crippen LogP contribution in [0.3, 0.4) is 0 Å². The molecule has 1 unspecified atom stereocenters. The molecule has 1 spiro atoms. The first-order valence-electron chi connectivity index (χ1n) is 7.14. The van der Waals surface area contributed by atoms with Crippen LogP contribution >= 0.6 is 23.1 Å². The molecule has 1 aliphatic carbocycles. The molecule has 1 saturated carbocycles. The lowest BCUT2D eigenvalue weighted by molar-refractivity contribution is -0.0699. The Morgan fingerprint density at radius 3 is 2.60 bits per heavy atom. The van der Waals surface area contributed by atoms with Crippen LogP contribution in [0.4, 0.5) is 0 Å². The first-order valence-corrected chi connectivity index (χ1v) is 8.34. The van der Waals surface area contributed by atoms with E-state index in [-0.39, 0.29) is 22.5 Å². The fraction of sp³-hybridized carbons (Fsp3) is 0.714. The molecular weight excluding hydrogens is 296 g/mol. The second-order valence-electron chi connectivity index (χ2n) is 6.37. The average Bonchev–Trinajstić information content (AvgIpc) is 2.96. The third-order valence-electron chi connectivity index (χ3n) is 4.78. The molecule has 0 radical (unpaired) electrons. The Hall–Kier alpha value is -0.810. The zero-order valence-corrected chi connectivity index (χ0v) is 13.3. The summed E-state index contributed by atoms with van der Waals surface area (Å²) in [6.07, 6.45) is 4.97. The maximum absolute atomic E-state index is 12.6. The van der Waals surface area contributed by atoms with Gasteiger partial charge in [-0.1, -0.05) is 49.8 Å². The van der Waals surface area contributed by atoms with Gasteiger partial charge in [0.1, 0.15) is 9.90 Å². The highest BCUT2D eigenvalue weighted by Crippen LogP contribution is 2.53. The monoisotopic (exact) mass is 314 g/mol. The number of carbonyl (C=O) groups excluding carboxylic acids is 1. The van der Waals surface area contributed by atoms with Crippen LogP contribution in [0.1, 0.15) is 49.2 Å². The van der Waals surface area contributed by atoms with Gasteiger partial charge in [-0.15, -0.1) is 0 Å². The van der Waals surface area contributed by atoms with Crippen LogP contribution in [0, 0.1) is 11.3 Å². The van der Waals surface area contributed by atoms with Gasteiger partial charge in [0, 0.05) is 18.0 Å². The average molecular weight is 315 g/mol. The molecule has 1 aliphatic heterocycles. The maximum atomic E-state index is 12.6. The van der Waals surface area contributed by atoms with Gasteiger partial charge >= 0.3 is 0 Å². The first-order chi connectivity index (χ1) is 9.46. The van der Waals surface area contributed by atoms with Gasteiger partial charge in [-0.25, -0.2) is 0 Å². The standard InChI is InChI=1S/C14H19ClN2O2S/c1-8(2)11-14(5-3-4-6-14)7-17(11)13(19)10-9(15)12(18)16-20-10/h8,11H,3-7H2,1-2H3,(H,16,18). The van der Waals surface area contributed by atoms with Crippen LogP contribution in [0.5, 0.6) is 0 Å². The fourth-order valence-corrected chi connectivity index (χ4v) is 5.09. The van der Waals surface area contributed by atoms with Crippen molar-refractivity contribution >= 4 is 29.0 Å². The number of aromatic amines is 1. The van der Waals surface area contributed by atoms with Crippen molar-refractivity contribution in [3.8, 4) is 0 Å². The van der Waals surface area contributed by atoms with Crippen LogP contribution in [0.25, 0.3) is 0 Å². The van der Waals surface area contributed by atoms with E-state index in [1.807, 2.05) is 4.90 Å². The predicted molar refractivity (Wildman–Crippen MR) is 80.5 cm³/mol. The lowest BCUT2D eigenvalue weighted by Crippen LogP contribution is -2.67. The second-order valence-corrected chi connectivity index (χ2v) is 7.56. The van der Waals surface area contributed by atoms with Crippen molar-refractivity contribution in [3.05, 3.63) is 20.3 Å². The summed E-state index contributed by atoms with van der Waals surface area (Å²) in [6.45, 7) is 5.16. The minimum atomic E-state index is -0.364. The largest absolute Gasteiger partial charge is 0.333 e. The van der Waals surface area contributed by atoms with E-state index in [9.17, 15) is 9.59 Å². The molecule has 2 heterocycles. The fourth-order valence-electron chi connectivity index (χ4n) is 4.11. The molecule has 1 saturated heterocycles. The third kappa shape index (κ3) is 1.94. The number of nitrogens with zero attached hydrogens (tertiary/aromatic N) is 1. The molecule has 20 heavy (non-hydrogen) atoms. The quantitative estimate of drug-likeness (QED) is 0.911. The van der Waals surface area contributed by atoms with Crippen molar-refractivity contribution in [2.24, 2.45) is 11.3 Å². The molecule has 2 fully saturated rings. The van der Waals surface area contributed by atoms with Gasteiger partial charge in [-0.05, 0) is 18.8 Å². The molecule has 6 heteroatoms. The topological polar surface area (TPSA) is 53.2 Å². The van der Waals surface area contributed by atoms with Gasteiger partial charge in [-0.3, -0.25) is 14.0 Å². The number of amides is 1. The number of aromatic nitrogens is 1. The zero-order chi connectivity index (χ0) is 14.5. The molecule has 0 bridgehead atoms. The molecule has 110 valence electrons. The summed E-state index contributed by atoms with van der Waals surface area (Å²) in [4.78, 5) is 26.3. The molecule has 1 aromatic rings. The number of halogens is 1. The SMILES string of the molecule is CC(C)C1N(C(=O)c2s[nH]c(=O)c2Cl)CC12CCCC2. The zero-order valence-electron chi connectivity index (χ0n) is 11.7. The summed E-state index contributed by atoms with van der Waals surface area (Å²) < 4.78 is 2.53. The Morgan fingerprint density at radius 2 is 2.10 bits per heavy atom. The molecular formula is C14H19ClN2O2S. The number of hydrogen-bond acceptors (Lipinski definition) is 3. The summed E-state index contributed by atoms with van der Waals surface area (Å²) in [6, 6.07) is 0.283. The Morgan fingerprint density at radius 1 is 1.45 bits per heavy atom. The minimum Gasteiger partial charge on any atom is -0.333 e. The van der Waals surface area contributed by atoms with Gasteiger partial charge in [0.25, 0.3) is 11.5 Å². The van der Waals surface area contributed by atoms with Crippen molar-refractivity contribution in [2.45, 2.75) is 45.6 Å². The summed E-state index contributed by atoms with van der Waals surface area (Å²) in [5, 5.41) is 0.0369. The normalized spacial score (nSPS) is 24.4. The highest BCUT2D eigenvalue weighted by molar-refractivity contribution is 7.08. The molecule has 4 nitrogen and oxygen atoms in total. The first kappa shape index (κ1) is 14.1. The number of carbonyl (C=O) groups is 1. The van der Waals surface area contributed by atoms with E-state index in [1.54, 1.807) is 0 Å². The molecule has 1 aromatic heterocycles. The van der Waals surface area contributed by atoms with Gasteiger partial charge in [0.2, 0.25) is 0 Å². The smallest absolute Gasteiger partial charge is 0.277 e. The third-order valence-corrected chi connectivity index (χ3v) is 6.12. The van der Waals surface area contributed by atoms with Crippen LogP contribution in [0.15, 0.2) is 4.79 Å². The van der Waals surface area contributed by atoms with Gasteiger partial charge < -0.3 is 4.90 Å². The maximum Gasteiger partial charge on any atom is 0.277 e. The summed E-state index contributed by atoms with van der Waals surface area (Å²) in [5.74, 6) is 0.342. The minimum absolute atomic E-state index is 0.0369. The predicted octanol–water partition coefficient (Wildman–Crippen LogP) is 3.13. The number of rotatable bonds is 2. The number of nitrogens with one attached hydrogen (secondary N) is 1. The van der Waals surface area contributed by atoms with Crippen LogP contribution in [-0.2, 0) is 0 Å². The van der Waals surface area contributed by atoms with E-state index in [1.165, 1.54) is 25.7 Å². The Bertz CT molecular complexity index is 586. The second kappa shape index (κ2) is 4.88. The molecule has 1 amide bonds. The molecule has 3 rings (SSSR count). The summed E-state index contributed by atoms with van der Waals surface area (Å²) >= 11 is 6.97. The van der Waals surface area contributed by atoms with Gasteiger partial charge in [0.15, 0.2) is 0 Å². The van der Waals surface area contributed by atoms with E-state index in [4.69, 9.17) is 11.6 Å². The van der Waals surface area contributed by atoms with Crippen molar-refractivity contribution in [2.75, 3.05) is 6.54 Å². The van der Waals surface area contributed by atoms with Crippen LogP contribution in [0.2, 0.25) is 5.02 Å². The molecule has 2 aliphatic rings. The summed E-state index contributed by atoms with van der Waals surface area (Å²) in [7, 11) is 0. The van der Waals surface area contributed by atoms with E-state index >= 15 is 0 Å². The van der Waals surface area contributed by atoms with E-state index in [0.29, 0.717) is 16.2 Å². The summed E-state index contributed by atoms with van der Waals surface area (Å²) in [5.41, 5.74) is -0.0467. The van der Waals surface area contributed by atoms with Crippen molar-refractivity contribution in [1.82, 2.24) is 9.27 Å². The number of H-pyrrole nitrogens is 1. The Labute approximate surface area is 127 Å². The highest BCUT2D eigenvalue weighted by atomic mass is 35.5. The van der Waals surface area contributed by atoms with Crippen LogP contribution in [-0.4, -0.2) is 27.8 Å². The highest BCUT2D eigenvalue weighted by Gasteiger charge is 2.56. The van der Waals surface area contributed by atoms with Crippen molar-refractivity contribution in [3.63, 3.8) is 0 Å². The Kier molecular flexibility index (Phi) is 3.45. The lowest BCUT2D eigenvalue weighted by atomic mass is 9.66. The van der Waals surface area contributed by atoms with Crippen molar-refractivity contribution < 1.29 is 4.79 Å². The molecule has 1 atom stereocenters. The van der Waals surface area contributed by atoms with E-state index in [0.717, 1.165) is 18.1 Å². The number of hydrogen-bond donors (Lipinski definition) is 1. The van der Waals surface area contributed by atoms with Crippen molar-refractivity contribution in [1.29, 1.82) is 0 Å². The van der Waals surface area contributed by atoms with Crippen LogP contribution < -0.4 is 5.56 Å². The Balaban J connectivity index is 1.86. The van der Waals surface area contributed by atoms with E-state index in [2.05, 4.69) is 18.2 Å². The lowest BCUT2D eigenvalue weighted by Gasteiger charge is -2.58.